The van der Waals surface area contributed by atoms with E-state index in [9.17, 15) is 0 Å². The largest absolute Gasteiger partial charge is 0.388 e. The van der Waals surface area contributed by atoms with Crippen LogP contribution in [0, 0.1) is 5.92 Å². The van der Waals surface area contributed by atoms with E-state index in [1.165, 1.54) is 19.3 Å². The van der Waals surface area contributed by atoms with Crippen LogP contribution in [0.25, 0.3) is 16.6 Å². The molecule has 0 spiro atoms. The van der Waals surface area contributed by atoms with Gasteiger partial charge < -0.3 is 19.7 Å². The van der Waals surface area contributed by atoms with E-state index in [2.05, 4.69) is 49.0 Å². The Balaban J connectivity index is 0.000000263. The van der Waals surface area contributed by atoms with Crippen molar-refractivity contribution >= 4 is 28.2 Å². The summed E-state index contributed by atoms with van der Waals surface area (Å²) >= 11 is 6.53. The molecule has 2 aromatic heterocycles. The summed E-state index contributed by atoms with van der Waals surface area (Å²) in [5, 5.41) is 14.3. The summed E-state index contributed by atoms with van der Waals surface area (Å²) in [6, 6.07) is 4.75. The van der Waals surface area contributed by atoms with Crippen LogP contribution in [0.3, 0.4) is 0 Å². The molecule has 1 aromatic carbocycles. The highest BCUT2D eigenvalue weighted by Gasteiger charge is 2.25. The Morgan fingerprint density at radius 3 is 2.34 bits per heavy atom. The lowest BCUT2D eigenvalue weighted by atomic mass is 10.2. The van der Waals surface area contributed by atoms with Crippen molar-refractivity contribution in [1.82, 2.24) is 24.9 Å². The monoisotopic (exact) mass is 504 g/mol. The van der Waals surface area contributed by atoms with Gasteiger partial charge in [-0.2, -0.15) is 10.2 Å². The highest BCUT2D eigenvalue weighted by molar-refractivity contribution is 6.34. The van der Waals surface area contributed by atoms with Crippen LogP contribution in [-0.2, 0) is 9.47 Å². The van der Waals surface area contributed by atoms with Crippen molar-refractivity contribution in [3.05, 3.63) is 35.7 Å². The zero-order valence-electron chi connectivity index (χ0n) is 21.8. The van der Waals surface area contributed by atoms with Gasteiger partial charge in [0.2, 0.25) is 0 Å². The van der Waals surface area contributed by atoms with E-state index in [1.807, 2.05) is 37.0 Å². The first-order valence-electron chi connectivity index (χ1n) is 12.8. The number of piperazine rings is 1. The molecule has 3 aromatic rings. The Kier molecular flexibility index (Phi) is 10.8. The summed E-state index contributed by atoms with van der Waals surface area (Å²) in [5.41, 5.74) is 3.16. The van der Waals surface area contributed by atoms with E-state index >= 15 is 0 Å². The van der Waals surface area contributed by atoms with Crippen LogP contribution in [-0.4, -0.2) is 73.2 Å². The van der Waals surface area contributed by atoms with Gasteiger partial charge in [-0.05, 0) is 37.3 Å². The third-order valence-electron chi connectivity index (χ3n) is 6.01. The van der Waals surface area contributed by atoms with Crippen molar-refractivity contribution in [3.63, 3.8) is 0 Å². The minimum atomic E-state index is 0.575. The van der Waals surface area contributed by atoms with Crippen molar-refractivity contribution in [2.75, 3.05) is 58.5 Å². The fraction of sp³-hybridized carbons (Fsp3) is 0.615. The van der Waals surface area contributed by atoms with Gasteiger partial charge in [-0.1, -0.05) is 32.4 Å². The van der Waals surface area contributed by atoms with Gasteiger partial charge in [-0.25, -0.2) is 4.68 Å². The number of hydrogen-bond acceptors (Lipinski definition) is 6. The van der Waals surface area contributed by atoms with Crippen molar-refractivity contribution in [2.45, 2.75) is 46.1 Å². The molecule has 9 heteroatoms. The van der Waals surface area contributed by atoms with Crippen LogP contribution in [0.2, 0.25) is 5.02 Å². The minimum Gasteiger partial charge on any atom is -0.388 e. The highest BCUT2D eigenvalue weighted by atomic mass is 35.5. The van der Waals surface area contributed by atoms with Crippen molar-refractivity contribution < 1.29 is 9.47 Å². The fourth-order valence-electron chi connectivity index (χ4n) is 4.02. The lowest BCUT2D eigenvalue weighted by molar-refractivity contribution is 0.188. The molecule has 194 valence electrons. The average molecular weight is 505 g/mol. The molecule has 1 unspecified atom stereocenters. The summed E-state index contributed by atoms with van der Waals surface area (Å²) < 4.78 is 13.3. The quantitative estimate of drug-likeness (QED) is 0.544. The number of nitrogens with one attached hydrogen (secondary N) is 1. The first-order chi connectivity index (χ1) is 17.1. The van der Waals surface area contributed by atoms with Gasteiger partial charge in [0.05, 0.1) is 40.9 Å². The molecule has 35 heavy (non-hydrogen) atoms. The molecule has 0 radical (unpaired) electrons. The summed E-state index contributed by atoms with van der Waals surface area (Å²) in [4.78, 5) is 2.34. The number of halogens is 1. The average Bonchev–Trinajstić information content (AvgIpc) is 3.22. The van der Waals surface area contributed by atoms with E-state index in [4.69, 9.17) is 16.3 Å². The molecule has 1 aliphatic carbocycles. The maximum Gasteiger partial charge on any atom is 0.103 e. The smallest absolute Gasteiger partial charge is 0.103 e. The molecule has 1 N–H and O–H groups in total. The number of fused-ring (bicyclic) bond motifs is 1. The molecular weight excluding hydrogens is 464 g/mol. The number of benzene rings is 1. The number of nitrogens with zero attached hydrogens (tertiary/aromatic N) is 5. The van der Waals surface area contributed by atoms with E-state index in [0.717, 1.165) is 72.6 Å². The second-order valence-electron chi connectivity index (χ2n) is 8.94. The number of aromatic nitrogens is 4. The van der Waals surface area contributed by atoms with E-state index < -0.39 is 0 Å². The molecule has 4 heterocycles. The zero-order valence-corrected chi connectivity index (χ0v) is 22.6. The minimum absolute atomic E-state index is 0.575. The zero-order chi connectivity index (χ0) is 25.2. The molecule has 6 rings (SSSR count). The predicted octanol–water partition coefficient (Wildman–Crippen LogP) is 4.95. The van der Waals surface area contributed by atoms with Crippen LogP contribution in [0.4, 0.5) is 5.69 Å². The Bertz CT molecular complexity index is 1020. The SMILES string of the molecule is CC.CC1CCOC1.COC.Clc1cc2cnn(-c3cnn(C4CC4)c3)c2cc1N1CCNCC1. The lowest BCUT2D eigenvalue weighted by Crippen LogP contribution is -2.43. The molecule has 1 atom stereocenters. The molecule has 3 aliphatic rings. The van der Waals surface area contributed by atoms with E-state index in [1.54, 1.807) is 14.2 Å². The van der Waals surface area contributed by atoms with Crippen LogP contribution >= 0.6 is 11.6 Å². The standard InChI is InChI=1S/C17H19ClN6.C5H10O.C2H6O.C2H6/c18-15-7-12-9-21-24(14-10-20-23(11-14)13-1-2-13)16(12)8-17(15)22-5-3-19-4-6-22;1-5-2-3-6-4-5;1-3-2;1-2/h7-11,13,19H,1-6H2;5H,2-4H2,1H3;1-2H3;1-2H3. The van der Waals surface area contributed by atoms with Gasteiger partial charge in [-0.3, -0.25) is 4.68 Å². The molecular formula is C26H41ClN6O2. The Labute approximate surface area is 214 Å². The molecule has 1 saturated carbocycles. The van der Waals surface area contributed by atoms with Gasteiger partial charge in [0.15, 0.2) is 0 Å². The molecule has 8 nitrogen and oxygen atoms in total. The van der Waals surface area contributed by atoms with Gasteiger partial charge in [-0.15, -0.1) is 0 Å². The van der Waals surface area contributed by atoms with Crippen LogP contribution in [0.1, 0.15) is 46.1 Å². The predicted molar refractivity (Wildman–Crippen MR) is 144 cm³/mol. The third kappa shape index (κ3) is 7.43. The summed E-state index contributed by atoms with van der Waals surface area (Å²) in [7, 11) is 3.25. The van der Waals surface area contributed by atoms with Gasteiger partial charge in [0.1, 0.15) is 5.69 Å². The number of ether oxygens (including phenoxy) is 2. The number of hydrogen-bond donors (Lipinski definition) is 1. The summed E-state index contributed by atoms with van der Waals surface area (Å²) in [6.45, 7) is 12.1. The first kappa shape index (κ1) is 27.5. The highest BCUT2D eigenvalue weighted by Crippen LogP contribution is 2.35. The topological polar surface area (TPSA) is 69.4 Å². The molecule has 0 amide bonds. The number of anilines is 1. The van der Waals surface area contributed by atoms with Crippen molar-refractivity contribution in [3.8, 4) is 5.69 Å². The summed E-state index contributed by atoms with van der Waals surface area (Å²) in [6.07, 6.45) is 9.57. The molecule has 2 saturated heterocycles. The second-order valence-corrected chi connectivity index (χ2v) is 9.35. The second kappa shape index (κ2) is 13.8. The third-order valence-corrected chi connectivity index (χ3v) is 6.31. The molecule has 0 bridgehead atoms. The van der Waals surface area contributed by atoms with Crippen molar-refractivity contribution in [2.24, 2.45) is 5.92 Å². The Hall–Kier alpha value is -2.13. The van der Waals surface area contributed by atoms with E-state index in [0.29, 0.717) is 6.04 Å². The van der Waals surface area contributed by atoms with Gasteiger partial charge >= 0.3 is 0 Å². The van der Waals surface area contributed by atoms with Crippen molar-refractivity contribution in [1.29, 1.82) is 0 Å². The van der Waals surface area contributed by atoms with Gasteiger partial charge in [0, 0.05) is 59.0 Å². The van der Waals surface area contributed by atoms with Crippen LogP contribution < -0.4 is 10.2 Å². The first-order valence-corrected chi connectivity index (χ1v) is 13.1. The molecule has 3 fully saturated rings. The number of methoxy groups -OCH3 is 1. The Morgan fingerprint density at radius 1 is 1.06 bits per heavy atom. The van der Waals surface area contributed by atoms with Crippen LogP contribution in [0.15, 0.2) is 30.7 Å². The number of rotatable bonds is 3. The maximum atomic E-state index is 6.53. The lowest BCUT2D eigenvalue weighted by Gasteiger charge is -2.30. The van der Waals surface area contributed by atoms with Gasteiger partial charge in [0.25, 0.3) is 0 Å². The fourth-order valence-corrected chi connectivity index (χ4v) is 4.31. The summed E-state index contributed by atoms with van der Waals surface area (Å²) in [5.74, 6) is 0.824. The van der Waals surface area contributed by atoms with Crippen LogP contribution in [0.5, 0.6) is 0 Å². The maximum absolute atomic E-state index is 6.53. The normalized spacial score (nSPS) is 19.3. The molecule has 2 aliphatic heterocycles. The Morgan fingerprint density at radius 2 is 1.77 bits per heavy atom. The van der Waals surface area contributed by atoms with E-state index in [-0.39, 0.29) is 0 Å².